The third kappa shape index (κ3) is 2.46. The van der Waals surface area contributed by atoms with Gasteiger partial charge in [0, 0.05) is 11.8 Å². The fourth-order valence-corrected chi connectivity index (χ4v) is 2.05. The third-order valence-corrected chi connectivity index (χ3v) is 3.06. The number of fused-ring (bicyclic) bond motifs is 1. The average Bonchev–Trinajstić information content (AvgIpc) is 2.94. The van der Waals surface area contributed by atoms with Crippen LogP contribution in [0.1, 0.15) is 15.9 Å². The second kappa shape index (κ2) is 5.29. The van der Waals surface area contributed by atoms with Crippen molar-refractivity contribution in [1.29, 1.82) is 0 Å². The molecule has 0 saturated carbocycles. The van der Waals surface area contributed by atoms with Gasteiger partial charge < -0.3 is 15.4 Å². The van der Waals surface area contributed by atoms with Gasteiger partial charge in [-0.2, -0.15) is 0 Å². The lowest BCUT2D eigenvalue weighted by molar-refractivity contribution is 0.102. The SMILES string of the molecule is O=C(Nc1cnccc1CO)c1cc(F)cc2[nH]cnc12. The highest BCUT2D eigenvalue weighted by atomic mass is 19.1. The molecule has 2 aromatic heterocycles. The van der Waals surface area contributed by atoms with Gasteiger partial charge in [-0.05, 0) is 18.2 Å². The molecule has 6 nitrogen and oxygen atoms in total. The van der Waals surface area contributed by atoms with E-state index in [1.807, 2.05) is 0 Å². The van der Waals surface area contributed by atoms with Gasteiger partial charge in [0.25, 0.3) is 5.91 Å². The number of carbonyl (C=O) groups is 1. The van der Waals surface area contributed by atoms with Crippen molar-refractivity contribution in [3.05, 3.63) is 53.9 Å². The molecule has 0 aliphatic carbocycles. The van der Waals surface area contributed by atoms with E-state index in [-0.39, 0.29) is 12.2 Å². The van der Waals surface area contributed by atoms with E-state index in [4.69, 9.17) is 0 Å². The number of hydrogen-bond acceptors (Lipinski definition) is 4. The molecule has 3 aromatic rings. The Hall–Kier alpha value is -2.80. The van der Waals surface area contributed by atoms with Crippen LogP contribution < -0.4 is 5.32 Å². The zero-order chi connectivity index (χ0) is 14.8. The standard InChI is InChI=1S/C14H11FN4O2/c15-9-3-10(13-11(4-9)17-7-18-13)14(21)19-12-5-16-2-1-8(12)6-20/h1-5,7,20H,6H2,(H,17,18)(H,19,21). The number of halogens is 1. The Labute approximate surface area is 118 Å². The zero-order valence-corrected chi connectivity index (χ0v) is 10.8. The number of aromatic nitrogens is 3. The van der Waals surface area contributed by atoms with Gasteiger partial charge in [-0.1, -0.05) is 0 Å². The molecule has 1 aromatic carbocycles. The zero-order valence-electron chi connectivity index (χ0n) is 10.8. The van der Waals surface area contributed by atoms with E-state index >= 15 is 0 Å². The topological polar surface area (TPSA) is 90.9 Å². The number of benzene rings is 1. The van der Waals surface area contributed by atoms with E-state index in [0.717, 1.165) is 6.07 Å². The maximum absolute atomic E-state index is 13.5. The Balaban J connectivity index is 1.99. The molecule has 3 N–H and O–H groups in total. The molecule has 0 fully saturated rings. The summed E-state index contributed by atoms with van der Waals surface area (Å²) in [5.74, 6) is -1.06. The van der Waals surface area contributed by atoms with Crippen LogP contribution >= 0.6 is 0 Å². The molecule has 0 atom stereocenters. The molecule has 0 aliphatic heterocycles. The molecule has 0 bridgehead atoms. The molecule has 0 aliphatic rings. The number of hydrogen-bond donors (Lipinski definition) is 3. The lowest BCUT2D eigenvalue weighted by Gasteiger charge is -2.09. The number of rotatable bonds is 3. The predicted octanol–water partition coefficient (Wildman–Crippen LogP) is 1.84. The number of aliphatic hydroxyl groups excluding tert-OH is 1. The fraction of sp³-hybridized carbons (Fsp3) is 0.0714. The van der Waals surface area contributed by atoms with Gasteiger partial charge in [0.15, 0.2) is 0 Å². The lowest BCUT2D eigenvalue weighted by Crippen LogP contribution is -2.14. The number of aliphatic hydroxyl groups is 1. The van der Waals surface area contributed by atoms with Crippen LogP contribution in [0.2, 0.25) is 0 Å². The van der Waals surface area contributed by atoms with Crippen molar-refractivity contribution in [2.24, 2.45) is 0 Å². The normalized spacial score (nSPS) is 10.8. The maximum atomic E-state index is 13.5. The summed E-state index contributed by atoms with van der Waals surface area (Å²) in [4.78, 5) is 23.0. The van der Waals surface area contributed by atoms with E-state index in [2.05, 4.69) is 20.3 Å². The van der Waals surface area contributed by atoms with E-state index in [9.17, 15) is 14.3 Å². The highest BCUT2D eigenvalue weighted by molar-refractivity contribution is 6.11. The van der Waals surface area contributed by atoms with Gasteiger partial charge in [-0.25, -0.2) is 9.37 Å². The number of H-pyrrole nitrogens is 1. The van der Waals surface area contributed by atoms with E-state index in [1.165, 1.54) is 24.8 Å². The molecule has 0 unspecified atom stereocenters. The molecule has 1 amide bonds. The summed E-state index contributed by atoms with van der Waals surface area (Å²) in [5.41, 5.74) is 1.82. The Morgan fingerprint density at radius 2 is 2.29 bits per heavy atom. The maximum Gasteiger partial charge on any atom is 0.258 e. The van der Waals surface area contributed by atoms with Crippen LogP contribution in [-0.4, -0.2) is 26.0 Å². The summed E-state index contributed by atoms with van der Waals surface area (Å²) in [5, 5.41) is 11.8. The minimum atomic E-state index is -0.537. The molecule has 0 spiro atoms. The van der Waals surface area contributed by atoms with Gasteiger partial charge in [0.1, 0.15) is 11.3 Å². The highest BCUT2D eigenvalue weighted by Crippen LogP contribution is 2.20. The number of aromatic amines is 1. The lowest BCUT2D eigenvalue weighted by atomic mass is 10.1. The number of carbonyl (C=O) groups excluding carboxylic acids is 1. The van der Waals surface area contributed by atoms with Crippen molar-refractivity contribution < 1.29 is 14.3 Å². The highest BCUT2D eigenvalue weighted by Gasteiger charge is 2.15. The molecule has 21 heavy (non-hydrogen) atoms. The quantitative estimate of drug-likeness (QED) is 0.685. The van der Waals surface area contributed by atoms with E-state index in [0.29, 0.717) is 22.3 Å². The molecule has 106 valence electrons. The third-order valence-electron chi connectivity index (χ3n) is 3.06. The van der Waals surface area contributed by atoms with Crippen molar-refractivity contribution in [2.45, 2.75) is 6.61 Å². The first-order chi connectivity index (χ1) is 10.2. The Morgan fingerprint density at radius 3 is 3.10 bits per heavy atom. The number of amides is 1. The molecule has 0 saturated heterocycles. The number of nitrogens with one attached hydrogen (secondary N) is 2. The molecule has 7 heteroatoms. The summed E-state index contributed by atoms with van der Waals surface area (Å²) in [6.07, 6.45) is 4.32. The summed E-state index contributed by atoms with van der Waals surface area (Å²) in [6.45, 7) is -0.237. The Morgan fingerprint density at radius 1 is 1.43 bits per heavy atom. The smallest absolute Gasteiger partial charge is 0.258 e. The molecule has 3 rings (SSSR count). The minimum absolute atomic E-state index is 0.110. The number of pyridine rings is 1. The van der Waals surface area contributed by atoms with E-state index < -0.39 is 11.7 Å². The number of anilines is 1. The Kier molecular flexibility index (Phi) is 3.33. The monoisotopic (exact) mass is 286 g/mol. The largest absolute Gasteiger partial charge is 0.392 e. The predicted molar refractivity (Wildman–Crippen MR) is 74.2 cm³/mol. The van der Waals surface area contributed by atoms with Gasteiger partial charge in [0.05, 0.1) is 35.9 Å². The van der Waals surface area contributed by atoms with Crippen LogP contribution in [0, 0.1) is 5.82 Å². The van der Waals surface area contributed by atoms with Crippen molar-refractivity contribution >= 4 is 22.6 Å². The van der Waals surface area contributed by atoms with Crippen molar-refractivity contribution in [2.75, 3.05) is 5.32 Å². The summed E-state index contributed by atoms with van der Waals surface area (Å²) in [6, 6.07) is 3.97. The van der Waals surface area contributed by atoms with Crippen LogP contribution in [-0.2, 0) is 6.61 Å². The molecule has 2 heterocycles. The minimum Gasteiger partial charge on any atom is -0.392 e. The second-order valence-electron chi connectivity index (χ2n) is 4.40. The van der Waals surface area contributed by atoms with Crippen LogP contribution in [0.4, 0.5) is 10.1 Å². The first-order valence-electron chi connectivity index (χ1n) is 6.17. The van der Waals surface area contributed by atoms with Crippen LogP contribution in [0.3, 0.4) is 0 Å². The van der Waals surface area contributed by atoms with Crippen molar-refractivity contribution in [3.63, 3.8) is 0 Å². The number of nitrogens with zero attached hydrogens (tertiary/aromatic N) is 2. The van der Waals surface area contributed by atoms with Gasteiger partial charge in [-0.3, -0.25) is 9.78 Å². The van der Waals surface area contributed by atoms with Gasteiger partial charge in [0.2, 0.25) is 0 Å². The van der Waals surface area contributed by atoms with Crippen molar-refractivity contribution in [1.82, 2.24) is 15.0 Å². The van der Waals surface area contributed by atoms with Gasteiger partial charge >= 0.3 is 0 Å². The number of imidazole rings is 1. The molecular weight excluding hydrogens is 275 g/mol. The molecular formula is C14H11FN4O2. The summed E-state index contributed by atoms with van der Waals surface area (Å²) < 4.78 is 13.5. The van der Waals surface area contributed by atoms with E-state index in [1.54, 1.807) is 6.07 Å². The second-order valence-corrected chi connectivity index (χ2v) is 4.40. The summed E-state index contributed by atoms with van der Waals surface area (Å²) >= 11 is 0. The van der Waals surface area contributed by atoms with Crippen LogP contribution in [0.25, 0.3) is 11.0 Å². The van der Waals surface area contributed by atoms with Crippen LogP contribution in [0.5, 0.6) is 0 Å². The molecule has 0 radical (unpaired) electrons. The summed E-state index contributed by atoms with van der Waals surface area (Å²) in [7, 11) is 0. The first-order valence-corrected chi connectivity index (χ1v) is 6.17. The van der Waals surface area contributed by atoms with Crippen LogP contribution in [0.15, 0.2) is 36.9 Å². The first kappa shape index (κ1) is 13.2. The fourth-order valence-electron chi connectivity index (χ4n) is 2.05. The van der Waals surface area contributed by atoms with Gasteiger partial charge in [-0.15, -0.1) is 0 Å². The Bertz CT molecular complexity index is 816. The average molecular weight is 286 g/mol. The van der Waals surface area contributed by atoms with Crippen molar-refractivity contribution in [3.8, 4) is 0 Å².